The van der Waals surface area contributed by atoms with E-state index in [1.165, 1.54) is 4.90 Å². The molecule has 3 aliphatic heterocycles. The third-order valence-corrected chi connectivity index (χ3v) is 9.47. The van der Waals surface area contributed by atoms with E-state index >= 15 is 0 Å². The van der Waals surface area contributed by atoms with E-state index in [1.54, 1.807) is 17.1 Å². The van der Waals surface area contributed by atoms with Gasteiger partial charge in [-0.3, -0.25) is 14.4 Å². The molecular weight excluding hydrogens is 544 g/mol. The fraction of sp³-hybridized carbons (Fsp3) is 0.457. The molecule has 8 nitrogen and oxygen atoms in total. The second-order valence-electron chi connectivity index (χ2n) is 11.8. The number of fused-ring (bicyclic) bond motifs is 1. The van der Waals surface area contributed by atoms with Gasteiger partial charge in [0.05, 0.1) is 30.8 Å². The summed E-state index contributed by atoms with van der Waals surface area (Å²) >= 11 is 0. The number of rotatable bonds is 14. The number of carbonyl (C=O) groups is 3. The molecule has 3 fully saturated rings. The van der Waals surface area contributed by atoms with E-state index in [0.29, 0.717) is 44.2 Å². The van der Waals surface area contributed by atoms with E-state index in [9.17, 15) is 19.5 Å². The van der Waals surface area contributed by atoms with Crippen molar-refractivity contribution in [1.82, 2.24) is 9.80 Å². The highest BCUT2D eigenvalue weighted by Gasteiger charge is 2.79. The number of aliphatic hydroxyl groups is 1. The molecule has 228 valence electrons. The molecule has 3 saturated heterocycles. The predicted octanol–water partition coefficient (Wildman–Crippen LogP) is 4.60. The fourth-order valence-corrected chi connectivity index (χ4v) is 7.51. The van der Waals surface area contributed by atoms with Crippen molar-refractivity contribution in [2.75, 3.05) is 19.8 Å². The van der Waals surface area contributed by atoms with Crippen LogP contribution < -0.4 is 0 Å². The van der Waals surface area contributed by atoms with Crippen molar-refractivity contribution in [2.24, 2.45) is 11.8 Å². The standard InChI is InChI=1S/C35H42N2O6/c1-4-7-14-22-42-33(41)29-28-31(39)37(27(24-38)26-17-12-9-13-18-26)30(35(28)20-19-34(29,6-3)43-35)32(40)36(21-5-2)23-25-15-10-8-11-16-25/h4-5,8-13,15-18,27-30,38H,1-2,6-7,14,19-24H2,3H3/t27-,28+,29-,30?,34+,35?/m1/s1. The van der Waals surface area contributed by atoms with E-state index in [2.05, 4.69) is 13.2 Å². The Balaban J connectivity index is 1.59. The van der Waals surface area contributed by atoms with Crippen molar-refractivity contribution in [3.05, 3.63) is 97.1 Å². The van der Waals surface area contributed by atoms with Crippen LogP contribution in [0.15, 0.2) is 86.0 Å². The number of hydrogen-bond donors (Lipinski definition) is 1. The fourth-order valence-electron chi connectivity index (χ4n) is 7.51. The molecule has 2 unspecified atom stereocenters. The van der Waals surface area contributed by atoms with Crippen molar-refractivity contribution in [1.29, 1.82) is 0 Å². The van der Waals surface area contributed by atoms with Crippen LogP contribution in [0.5, 0.6) is 0 Å². The Labute approximate surface area is 254 Å². The van der Waals surface area contributed by atoms with Crippen molar-refractivity contribution < 1.29 is 29.0 Å². The topological polar surface area (TPSA) is 96.4 Å². The van der Waals surface area contributed by atoms with Crippen LogP contribution in [-0.4, -0.2) is 69.7 Å². The zero-order valence-electron chi connectivity index (χ0n) is 24.9. The number of benzene rings is 2. The van der Waals surface area contributed by atoms with Crippen LogP contribution in [-0.2, 0) is 30.4 Å². The summed E-state index contributed by atoms with van der Waals surface area (Å²) in [6, 6.07) is 17.0. The van der Waals surface area contributed by atoms with Gasteiger partial charge in [-0.2, -0.15) is 0 Å². The maximum atomic E-state index is 14.8. The van der Waals surface area contributed by atoms with Gasteiger partial charge in [0, 0.05) is 13.1 Å². The van der Waals surface area contributed by atoms with E-state index in [0.717, 1.165) is 5.56 Å². The Kier molecular flexibility index (Phi) is 9.18. The van der Waals surface area contributed by atoms with Crippen LogP contribution in [0, 0.1) is 11.8 Å². The molecule has 0 radical (unpaired) electrons. The summed E-state index contributed by atoms with van der Waals surface area (Å²) < 4.78 is 12.6. The molecule has 3 aliphatic rings. The summed E-state index contributed by atoms with van der Waals surface area (Å²) in [4.78, 5) is 46.4. The van der Waals surface area contributed by atoms with Crippen LogP contribution in [0.3, 0.4) is 0 Å². The van der Waals surface area contributed by atoms with E-state index in [1.807, 2.05) is 67.6 Å². The number of unbranched alkanes of at least 4 members (excludes halogenated alkanes) is 1. The molecule has 43 heavy (non-hydrogen) atoms. The maximum Gasteiger partial charge on any atom is 0.312 e. The summed E-state index contributed by atoms with van der Waals surface area (Å²) in [5.74, 6) is -2.86. The number of allylic oxidation sites excluding steroid dienone is 1. The van der Waals surface area contributed by atoms with Crippen molar-refractivity contribution in [3.63, 3.8) is 0 Å². The summed E-state index contributed by atoms with van der Waals surface area (Å²) in [5.41, 5.74) is -0.487. The van der Waals surface area contributed by atoms with E-state index < -0.39 is 47.7 Å². The van der Waals surface area contributed by atoms with Gasteiger partial charge in [0.1, 0.15) is 17.6 Å². The highest BCUT2D eigenvalue weighted by molar-refractivity contribution is 5.99. The number of likely N-dealkylation sites (tertiary alicyclic amines) is 1. The number of nitrogens with zero attached hydrogens (tertiary/aromatic N) is 2. The second-order valence-corrected chi connectivity index (χ2v) is 11.8. The second kappa shape index (κ2) is 12.9. The smallest absolute Gasteiger partial charge is 0.312 e. The number of carbonyl (C=O) groups excluding carboxylic acids is 3. The lowest BCUT2D eigenvalue weighted by Gasteiger charge is -2.39. The summed E-state index contributed by atoms with van der Waals surface area (Å²) in [6.45, 7) is 9.96. The minimum Gasteiger partial charge on any atom is -0.465 e. The molecule has 0 aromatic heterocycles. The normalized spacial score (nSPS) is 27.9. The molecule has 0 saturated carbocycles. The Morgan fingerprint density at radius 1 is 1.12 bits per heavy atom. The molecule has 5 rings (SSSR count). The van der Waals surface area contributed by atoms with Gasteiger partial charge >= 0.3 is 5.97 Å². The first-order chi connectivity index (χ1) is 20.9. The average molecular weight is 587 g/mol. The zero-order valence-corrected chi connectivity index (χ0v) is 24.9. The molecular formula is C35H42N2O6. The van der Waals surface area contributed by atoms with Crippen molar-refractivity contribution in [2.45, 2.75) is 68.9 Å². The highest BCUT2D eigenvalue weighted by Crippen LogP contribution is 2.65. The average Bonchev–Trinajstić information content (AvgIpc) is 3.64. The Bertz CT molecular complexity index is 1330. The molecule has 2 aromatic rings. The van der Waals surface area contributed by atoms with Crippen molar-refractivity contribution in [3.8, 4) is 0 Å². The van der Waals surface area contributed by atoms with Gasteiger partial charge in [0.15, 0.2) is 0 Å². The van der Waals surface area contributed by atoms with Crippen LogP contribution in [0.2, 0.25) is 0 Å². The summed E-state index contributed by atoms with van der Waals surface area (Å²) in [7, 11) is 0. The van der Waals surface area contributed by atoms with Gasteiger partial charge < -0.3 is 24.4 Å². The minimum atomic E-state index is -1.23. The number of hydrogen-bond acceptors (Lipinski definition) is 6. The molecule has 2 aromatic carbocycles. The first-order valence-electron chi connectivity index (χ1n) is 15.3. The summed E-state index contributed by atoms with van der Waals surface area (Å²) in [6.07, 6.45) is 6.28. The van der Waals surface area contributed by atoms with Gasteiger partial charge in [-0.25, -0.2) is 0 Å². The lowest BCUT2D eigenvalue weighted by Crippen LogP contribution is -2.57. The third-order valence-electron chi connectivity index (χ3n) is 9.47. The van der Waals surface area contributed by atoms with Gasteiger partial charge in [0.25, 0.3) is 0 Å². The maximum absolute atomic E-state index is 14.8. The van der Waals surface area contributed by atoms with Crippen LogP contribution in [0.4, 0.5) is 0 Å². The Hall–Kier alpha value is -3.75. The molecule has 0 aliphatic carbocycles. The quantitative estimate of drug-likeness (QED) is 0.198. The Morgan fingerprint density at radius 2 is 1.81 bits per heavy atom. The van der Waals surface area contributed by atoms with Crippen LogP contribution >= 0.6 is 0 Å². The predicted molar refractivity (Wildman–Crippen MR) is 162 cm³/mol. The molecule has 1 spiro atoms. The highest BCUT2D eigenvalue weighted by atomic mass is 16.6. The number of esters is 1. The van der Waals surface area contributed by atoms with Gasteiger partial charge in [-0.05, 0) is 43.2 Å². The lowest BCUT2D eigenvalue weighted by atomic mass is 9.65. The van der Waals surface area contributed by atoms with Crippen LogP contribution in [0.25, 0.3) is 0 Å². The number of aliphatic hydroxyl groups excluding tert-OH is 1. The number of ether oxygens (including phenoxy) is 2. The number of amides is 2. The minimum absolute atomic E-state index is 0.217. The molecule has 6 atom stereocenters. The molecule has 2 amide bonds. The molecule has 8 heteroatoms. The van der Waals surface area contributed by atoms with Crippen LogP contribution in [0.1, 0.15) is 56.2 Å². The van der Waals surface area contributed by atoms with Crippen molar-refractivity contribution >= 4 is 17.8 Å². The molecule has 2 bridgehead atoms. The zero-order chi connectivity index (χ0) is 30.6. The van der Waals surface area contributed by atoms with Gasteiger partial charge in [-0.1, -0.05) is 79.7 Å². The Morgan fingerprint density at radius 3 is 2.44 bits per heavy atom. The SMILES string of the molecule is C=CCCCOC(=O)[C@H]1[C@H]2C(=O)N([C@H](CO)c3ccccc3)C(C(=O)N(CC=C)Cc3ccccc3)C23CC[C@]1(CC)O3. The molecule has 1 N–H and O–H groups in total. The summed E-state index contributed by atoms with van der Waals surface area (Å²) in [5, 5.41) is 10.7. The lowest BCUT2D eigenvalue weighted by molar-refractivity contribution is -0.164. The van der Waals surface area contributed by atoms with E-state index in [4.69, 9.17) is 9.47 Å². The van der Waals surface area contributed by atoms with Gasteiger partial charge in [0.2, 0.25) is 11.8 Å². The first kappa shape index (κ1) is 30.7. The first-order valence-corrected chi connectivity index (χ1v) is 15.3. The largest absolute Gasteiger partial charge is 0.465 e. The monoisotopic (exact) mass is 586 g/mol. The molecule has 3 heterocycles. The van der Waals surface area contributed by atoms with E-state index in [-0.39, 0.29) is 25.0 Å². The third kappa shape index (κ3) is 5.31. The van der Waals surface area contributed by atoms with Gasteiger partial charge in [-0.15, -0.1) is 13.2 Å².